The van der Waals surface area contributed by atoms with Crippen molar-refractivity contribution >= 4 is 10.9 Å². The minimum atomic E-state index is -0.0452. The van der Waals surface area contributed by atoms with Gasteiger partial charge in [0.05, 0.1) is 24.2 Å². The zero-order valence-electron chi connectivity index (χ0n) is 22.0. The van der Waals surface area contributed by atoms with Crippen LogP contribution in [0.15, 0.2) is 53.3 Å². The van der Waals surface area contributed by atoms with Gasteiger partial charge in [-0.1, -0.05) is 55.0 Å². The van der Waals surface area contributed by atoms with Crippen LogP contribution in [0, 0.1) is 13.8 Å². The van der Waals surface area contributed by atoms with Crippen molar-refractivity contribution in [1.82, 2.24) is 30.1 Å². The Morgan fingerprint density at radius 3 is 2.84 bits per heavy atom. The van der Waals surface area contributed by atoms with Crippen LogP contribution in [0.3, 0.4) is 0 Å². The molecule has 1 aliphatic heterocycles. The van der Waals surface area contributed by atoms with Crippen molar-refractivity contribution in [1.29, 1.82) is 0 Å². The van der Waals surface area contributed by atoms with E-state index in [1.54, 1.807) is 0 Å². The predicted octanol–water partition coefficient (Wildman–Crippen LogP) is 4.51. The first-order valence-corrected chi connectivity index (χ1v) is 13.3. The molecule has 0 saturated carbocycles. The summed E-state index contributed by atoms with van der Waals surface area (Å²) in [5, 5.41) is 13.9. The van der Waals surface area contributed by atoms with E-state index in [4.69, 9.17) is 4.74 Å². The van der Waals surface area contributed by atoms with Crippen LogP contribution < -0.4 is 5.56 Å². The highest BCUT2D eigenvalue weighted by Gasteiger charge is 2.27. The number of benzene rings is 2. The molecule has 2 aromatic heterocycles. The molecule has 8 heteroatoms. The maximum absolute atomic E-state index is 13.2. The lowest BCUT2D eigenvalue weighted by Gasteiger charge is -2.30. The molecule has 2 atom stereocenters. The van der Waals surface area contributed by atoms with E-state index in [1.807, 2.05) is 29.8 Å². The summed E-state index contributed by atoms with van der Waals surface area (Å²) in [7, 11) is 0. The summed E-state index contributed by atoms with van der Waals surface area (Å²) in [6.07, 6.45) is 3.94. The number of fused-ring (bicyclic) bond motifs is 1. The van der Waals surface area contributed by atoms with Gasteiger partial charge in [-0.05, 0) is 72.5 Å². The minimum Gasteiger partial charge on any atom is -0.376 e. The maximum atomic E-state index is 13.2. The molecule has 0 aliphatic carbocycles. The molecule has 0 amide bonds. The number of aromatic amines is 1. The second-order valence-electron chi connectivity index (χ2n) is 10.2. The van der Waals surface area contributed by atoms with Gasteiger partial charge in [0.2, 0.25) is 0 Å². The predicted molar refractivity (Wildman–Crippen MR) is 144 cm³/mol. The standard InChI is InChI=1S/C29H36N6O2/c1-4-26(28-31-32-33-35(28)19-25-12-7-15-37-25)34(14-13-22-10-5-8-20(2)16-22)18-24-17-23-11-6-9-21(3)27(23)30-29(24)36/h5-6,8-11,16-17,25-26H,4,7,12-15,18-19H2,1-3H3,(H,30,36)/t25-,26-/m1/s1. The topological polar surface area (TPSA) is 88.9 Å². The molecule has 5 rings (SSSR count). The van der Waals surface area contributed by atoms with Gasteiger partial charge in [0, 0.05) is 25.3 Å². The second kappa shape index (κ2) is 11.4. The van der Waals surface area contributed by atoms with E-state index in [2.05, 4.69) is 69.6 Å². The van der Waals surface area contributed by atoms with Crippen LogP contribution in [-0.2, 0) is 24.2 Å². The lowest BCUT2D eigenvalue weighted by Crippen LogP contribution is -2.34. The van der Waals surface area contributed by atoms with Gasteiger partial charge >= 0.3 is 0 Å². The van der Waals surface area contributed by atoms with Gasteiger partial charge in [0.1, 0.15) is 0 Å². The molecule has 37 heavy (non-hydrogen) atoms. The molecule has 8 nitrogen and oxygen atoms in total. The van der Waals surface area contributed by atoms with Gasteiger partial charge in [-0.2, -0.15) is 0 Å². The number of para-hydroxylation sites is 1. The van der Waals surface area contributed by atoms with E-state index < -0.39 is 0 Å². The van der Waals surface area contributed by atoms with Crippen LogP contribution >= 0.6 is 0 Å². The van der Waals surface area contributed by atoms with E-state index in [0.29, 0.717) is 13.1 Å². The lowest BCUT2D eigenvalue weighted by atomic mass is 10.0. The molecule has 0 unspecified atom stereocenters. The van der Waals surface area contributed by atoms with E-state index in [0.717, 1.165) is 66.7 Å². The fraction of sp³-hybridized carbons (Fsp3) is 0.448. The summed E-state index contributed by atoms with van der Waals surface area (Å²) >= 11 is 0. The molecule has 1 N–H and O–H groups in total. The maximum Gasteiger partial charge on any atom is 0.252 e. The molecular formula is C29H36N6O2. The van der Waals surface area contributed by atoms with Crippen LogP contribution in [0.2, 0.25) is 0 Å². The van der Waals surface area contributed by atoms with Crippen molar-refractivity contribution in [2.24, 2.45) is 0 Å². The van der Waals surface area contributed by atoms with E-state index >= 15 is 0 Å². The van der Waals surface area contributed by atoms with Crippen LogP contribution in [0.4, 0.5) is 0 Å². The quantitative estimate of drug-likeness (QED) is 0.345. The number of hydrogen-bond acceptors (Lipinski definition) is 6. The van der Waals surface area contributed by atoms with Crippen molar-refractivity contribution in [3.05, 3.63) is 87.0 Å². The number of hydrogen-bond donors (Lipinski definition) is 1. The number of rotatable bonds is 10. The van der Waals surface area contributed by atoms with Crippen molar-refractivity contribution < 1.29 is 4.74 Å². The summed E-state index contributed by atoms with van der Waals surface area (Å²) in [5.41, 5.74) is 5.20. The van der Waals surface area contributed by atoms with Crippen molar-refractivity contribution in [2.45, 2.75) is 71.7 Å². The lowest BCUT2D eigenvalue weighted by molar-refractivity contribution is 0.0893. The second-order valence-corrected chi connectivity index (χ2v) is 10.2. The summed E-state index contributed by atoms with van der Waals surface area (Å²) in [5.74, 6) is 0.829. The fourth-order valence-electron chi connectivity index (χ4n) is 5.42. The SMILES string of the molecule is CC[C@H](c1nnnn1C[C@H]1CCCO1)N(CCc1cccc(C)c1)Cc1cc2cccc(C)c2[nH]c1=O. The van der Waals surface area contributed by atoms with Crippen LogP contribution in [0.5, 0.6) is 0 Å². The molecule has 194 valence electrons. The summed E-state index contributed by atoms with van der Waals surface area (Å²) < 4.78 is 7.76. The number of aryl methyl sites for hydroxylation is 2. The van der Waals surface area contributed by atoms with Gasteiger partial charge in [-0.3, -0.25) is 9.69 Å². The third kappa shape index (κ3) is 5.81. The Morgan fingerprint density at radius 2 is 2.05 bits per heavy atom. The molecule has 1 fully saturated rings. The third-order valence-electron chi connectivity index (χ3n) is 7.39. The molecule has 2 aromatic carbocycles. The molecular weight excluding hydrogens is 464 g/mol. The first-order chi connectivity index (χ1) is 18.0. The first kappa shape index (κ1) is 25.3. The number of H-pyrrole nitrogens is 1. The average molecular weight is 501 g/mol. The summed E-state index contributed by atoms with van der Waals surface area (Å²) in [6.45, 7) is 9.03. The Morgan fingerprint density at radius 1 is 1.19 bits per heavy atom. The number of nitrogens with zero attached hydrogens (tertiary/aromatic N) is 5. The molecule has 1 saturated heterocycles. The number of aromatic nitrogens is 5. The Balaban J connectivity index is 1.47. The average Bonchev–Trinajstić information content (AvgIpc) is 3.57. The molecule has 0 spiro atoms. The number of ether oxygens (including phenoxy) is 1. The van der Waals surface area contributed by atoms with E-state index in [9.17, 15) is 4.79 Å². The van der Waals surface area contributed by atoms with Crippen LogP contribution in [-0.4, -0.2) is 49.3 Å². The molecule has 4 aromatic rings. The molecule has 3 heterocycles. The fourth-order valence-corrected chi connectivity index (χ4v) is 5.42. The van der Waals surface area contributed by atoms with Gasteiger partial charge in [0.25, 0.3) is 5.56 Å². The highest BCUT2D eigenvalue weighted by Crippen LogP contribution is 2.26. The van der Waals surface area contributed by atoms with E-state index in [-0.39, 0.29) is 17.7 Å². The highest BCUT2D eigenvalue weighted by atomic mass is 16.5. The Bertz CT molecular complexity index is 1410. The van der Waals surface area contributed by atoms with Crippen molar-refractivity contribution in [3.8, 4) is 0 Å². The molecule has 0 radical (unpaired) electrons. The summed E-state index contributed by atoms with van der Waals surface area (Å²) in [6, 6.07) is 16.7. The monoisotopic (exact) mass is 500 g/mol. The Hall–Kier alpha value is -3.36. The highest BCUT2D eigenvalue weighted by molar-refractivity contribution is 5.81. The minimum absolute atomic E-state index is 0.0335. The van der Waals surface area contributed by atoms with Gasteiger partial charge in [-0.15, -0.1) is 5.10 Å². The van der Waals surface area contributed by atoms with Gasteiger partial charge in [0.15, 0.2) is 5.82 Å². The summed E-state index contributed by atoms with van der Waals surface area (Å²) in [4.78, 5) is 18.7. The van der Waals surface area contributed by atoms with Crippen LogP contribution in [0.1, 0.15) is 60.3 Å². The zero-order valence-corrected chi connectivity index (χ0v) is 22.0. The zero-order chi connectivity index (χ0) is 25.8. The smallest absolute Gasteiger partial charge is 0.252 e. The molecule has 1 aliphatic rings. The number of tetrazole rings is 1. The number of pyridine rings is 1. The normalized spacial score (nSPS) is 16.6. The molecule has 0 bridgehead atoms. The van der Waals surface area contributed by atoms with E-state index in [1.165, 1.54) is 11.1 Å². The third-order valence-corrected chi connectivity index (χ3v) is 7.39. The van der Waals surface area contributed by atoms with Crippen molar-refractivity contribution in [2.75, 3.05) is 13.2 Å². The number of nitrogens with one attached hydrogen (secondary N) is 1. The Labute approximate surface area is 217 Å². The van der Waals surface area contributed by atoms with Crippen LogP contribution in [0.25, 0.3) is 10.9 Å². The Kier molecular flexibility index (Phi) is 7.76. The van der Waals surface area contributed by atoms with Gasteiger partial charge in [-0.25, -0.2) is 4.68 Å². The van der Waals surface area contributed by atoms with Gasteiger partial charge < -0.3 is 9.72 Å². The first-order valence-electron chi connectivity index (χ1n) is 13.3. The van der Waals surface area contributed by atoms with Crippen molar-refractivity contribution in [3.63, 3.8) is 0 Å². The largest absolute Gasteiger partial charge is 0.376 e.